The lowest BCUT2D eigenvalue weighted by Crippen LogP contribution is -2.21. The van der Waals surface area contributed by atoms with Gasteiger partial charge in [-0.25, -0.2) is 0 Å². The molecule has 0 saturated carbocycles. The summed E-state index contributed by atoms with van der Waals surface area (Å²) < 4.78 is 0. The van der Waals surface area contributed by atoms with Crippen LogP contribution in [0.25, 0.3) is 0 Å². The van der Waals surface area contributed by atoms with Crippen LogP contribution in [0.5, 0.6) is 0 Å². The van der Waals surface area contributed by atoms with Gasteiger partial charge in [-0.2, -0.15) is 0 Å². The quantitative estimate of drug-likeness (QED) is 0.427. The van der Waals surface area contributed by atoms with E-state index in [4.69, 9.17) is 5.73 Å². The monoisotopic (exact) mass is 68.1 g/mol. The fraction of sp³-hybridized carbons (Fsp3) is 0.500. The normalized spacial score (nSPS) is 33.4. The number of rotatable bonds is 0. The van der Waals surface area contributed by atoms with Gasteiger partial charge in [0.15, 0.2) is 0 Å². The molecule has 2 N–H and O–H groups in total. The predicted octanol–water partition coefficient (Wildman–Crippen LogP) is 0.0768. The lowest BCUT2D eigenvalue weighted by Gasteiger charge is -2.07. The molecular weight excluding hydrogens is 62.1 g/mol. The second-order valence-electron chi connectivity index (χ2n) is 1.24. The zero-order chi connectivity index (χ0) is 3.70. The summed E-state index contributed by atoms with van der Waals surface area (Å²) in [5, 5.41) is 0. The van der Waals surface area contributed by atoms with E-state index in [2.05, 4.69) is 6.08 Å². The van der Waals surface area contributed by atoms with E-state index in [1.54, 1.807) is 0 Å². The van der Waals surface area contributed by atoms with Gasteiger partial charge in [0.2, 0.25) is 0 Å². The molecule has 0 heterocycles. The summed E-state index contributed by atoms with van der Waals surface area (Å²) >= 11 is 0. The van der Waals surface area contributed by atoms with Crippen molar-refractivity contribution in [3.8, 4) is 0 Å². The minimum atomic E-state index is 0.329. The van der Waals surface area contributed by atoms with E-state index in [0.29, 0.717) is 6.04 Å². The third-order valence-corrected chi connectivity index (χ3v) is 0.685. The zero-order valence-corrected chi connectivity index (χ0v) is 2.94. The molecule has 0 aromatic rings. The van der Waals surface area contributed by atoms with E-state index in [-0.39, 0.29) is 0 Å². The van der Waals surface area contributed by atoms with Crippen molar-refractivity contribution >= 4 is 0 Å². The summed E-state index contributed by atoms with van der Waals surface area (Å²) in [6, 6.07) is 0.329. The first kappa shape index (κ1) is 2.91. The third-order valence-electron chi connectivity index (χ3n) is 0.685. The zero-order valence-electron chi connectivity index (χ0n) is 2.94. The summed E-state index contributed by atoms with van der Waals surface area (Å²) in [4.78, 5) is 0. The topological polar surface area (TPSA) is 26.0 Å². The van der Waals surface area contributed by atoms with Crippen molar-refractivity contribution in [2.45, 2.75) is 12.5 Å². The van der Waals surface area contributed by atoms with Crippen LogP contribution < -0.4 is 5.73 Å². The van der Waals surface area contributed by atoms with Crippen LogP contribution in [-0.4, -0.2) is 6.04 Å². The van der Waals surface area contributed by atoms with Crippen molar-refractivity contribution in [2.75, 3.05) is 0 Å². The third kappa shape index (κ3) is 0.329. The molecule has 1 rings (SSSR count). The number of nitrogens with two attached hydrogens (primary N) is 1. The van der Waals surface area contributed by atoms with Gasteiger partial charge in [-0.05, 0) is 12.5 Å². The van der Waals surface area contributed by atoms with Crippen molar-refractivity contribution < 1.29 is 0 Å². The Labute approximate surface area is 31.5 Å². The fourth-order valence-corrected chi connectivity index (χ4v) is 0.254. The Morgan fingerprint density at radius 1 is 2.00 bits per heavy atom. The van der Waals surface area contributed by atoms with Crippen LogP contribution in [-0.2, 0) is 0 Å². The van der Waals surface area contributed by atoms with Crippen LogP contribution in [0.1, 0.15) is 6.42 Å². The van der Waals surface area contributed by atoms with Gasteiger partial charge >= 0.3 is 0 Å². The highest BCUT2D eigenvalue weighted by atomic mass is 14.6. The van der Waals surface area contributed by atoms with Crippen molar-refractivity contribution in [3.63, 3.8) is 0 Å². The van der Waals surface area contributed by atoms with Crippen LogP contribution in [0.3, 0.4) is 0 Å². The summed E-state index contributed by atoms with van der Waals surface area (Å²) in [5.41, 5.74) is 5.26. The van der Waals surface area contributed by atoms with Crippen LogP contribution in [0.2, 0.25) is 0 Å². The van der Waals surface area contributed by atoms with Gasteiger partial charge < -0.3 is 5.73 Å². The molecule has 1 atom stereocenters. The molecule has 27 valence electrons. The molecule has 0 amide bonds. The number of hydrogen-bond donors (Lipinski definition) is 1. The Balaban J connectivity index is 2.39. The van der Waals surface area contributed by atoms with Crippen LogP contribution in [0.4, 0.5) is 0 Å². The molecule has 1 unspecified atom stereocenters. The average Bonchev–Trinajstić information content (AvgIpc) is 1.30. The van der Waals surface area contributed by atoms with Gasteiger partial charge in [0.05, 0.1) is 0 Å². The Hall–Kier alpha value is -0.300. The smallest absolute Gasteiger partial charge is 0.0270 e. The molecule has 1 heteroatoms. The second-order valence-corrected chi connectivity index (χ2v) is 1.24. The number of hydrogen-bond acceptors (Lipinski definition) is 1. The van der Waals surface area contributed by atoms with Gasteiger partial charge in [0.1, 0.15) is 0 Å². The lowest BCUT2D eigenvalue weighted by molar-refractivity contribution is 0.749. The Bertz CT molecular complexity index is 56.7. The molecular formula is C4H6N. The van der Waals surface area contributed by atoms with Crippen molar-refractivity contribution in [1.29, 1.82) is 0 Å². The molecule has 1 radical (unpaired) electrons. The van der Waals surface area contributed by atoms with Gasteiger partial charge in [0.25, 0.3) is 0 Å². The van der Waals surface area contributed by atoms with Gasteiger partial charge in [-0.1, -0.05) is 6.08 Å². The van der Waals surface area contributed by atoms with Crippen molar-refractivity contribution in [2.24, 2.45) is 5.73 Å². The predicted molar refractivity (Wildman–Crippen MR) is 20.4 cm³/mol. The summed E-state index contributed by atoms with van der Waals surface area (Å²) in [5.74, 6) is 0. The first-order valence-electron chi connectivity index (χ1n) is 1.72. The molecule has 0 spiro atoms. The molecule has 0 aliphatic heterocycles. The van der Waals surface area contributed by atoms with Crippen LogP contribution in [0.15, 0.2) is 6.08 Å². The first-order chi connectivity index (χ1) is 2.39. The first-order valence-corrected chi connectivity index (χ1v) is 1.72. The van der Waals surface area contributed by atoms with Crippen molar-refractivity contribution in [3.05, 3.63) is 12.2 Å². The maximum atomic E-state index is 5.26. The summed E-state index contributed by atoms with van der Waals surface area (Å²) in [7, 11) is 0. The Morgan fingerprint density at radius 3 is 2.40 bits per heavy atom. The van der Waals surface area contributed by atoms with Gasteiger partial charge in [-0.3, -0.25) is 0 Å². The second kappa shape index (κ2) is 0.830. The molecule has 0 aromatic heterocycles. The molecule has 0 bridgehead atoms. The Kier molecular flexibility index (Phi) is 0.484. The highest BCUT2D eigenvalue weighted by Gasteiger charge is 1.99. The summed E-state index contributed by atoms with van der Waals surface area (Å²) in [6.07, 6.45) is 5.74. The van der Waals surface area contributed by atoms with Crippen LogP contribution in [0, 0.1) is 6.08 Å². The minimum Gasteiger partial charge on any atom is -0.324 e. The minimum absolute atomic E-state index is 0.329. The molecule has 1 aliphatic carbocycles. The van der Waals surface area contributed by atoms with Gasteiger partial charge in [0, 0.05) is 6.04 Å². The van der Waals surface area contributed by atoms with E-state index in [0.717, 1.165) is 6.42 Å². The molecule has 1 nitrogen and oxygen atoms in total. The van der Waals surface area contributed by atoms with Crippen LogP contribution >= 0.6 is 0 Å². The average molecular weight is 68.1 g/mol. The van der Waals surface area contributed by atoms with Crippen molar-refractivity contribution in [1.82, 2.24) is 0 Å². The van der Waals surface area contributed by atoms with E-state index in [1.165, 1.54) is 0 Å². The molecule has 0 saturated heterocycles. The highest BCUT2D eigenvalue weighted by molar-refractivity contribution is 4.98. The standard InChI is InChI=1S/C4H6N/c5-4-2-1-3-4/h2,4H,3,5H2. The van der Waals surface area contributed by atoms with E-state index in [1.807, 2.05) is 6.08 Å². The van der Waals surface area contributed by atoms with E-state index < -0.39 is 0 Å². The lowest BCUT2D eigenvalue weighted by atomic mass is 10.1. The van der Waals surface area contributed by atoms with Gasteiger partial charge in [-0.15, -0.1) is 0 Å². The maximum absolute atomic E-state index is 5.26. The molecule has 0 fully saturated rings. The largest absolute Gasteiger partial charge is 0.324 e. The SMILES string of the molecule is NC1C=[C]C1. The molecule has 5 heavy (non-hydrogen) atoms. The molecule has 1 aliphatic rings. The Morgan fingerprint density at radius 2 is 2.40 bits per heavy atom. The summed E-state index contributed by atoms with van der Waals surface area (Å²) in [6.45, 7) is 0. The maximum Gasteiger partial charge on any atom is 0.0270 e. The van der Waals surface area contributed by atoms with E-state index in [9.17, 15) is 0 Å². The highest BCUT2D eigenvalue weighted by Crippen LogP contribution is 1.99. The molecule has 0 aromatic carbocycles. The fourth-order valence-electron chi connectivity index (χ4n) is 0.254. The van der Waals surface area contributed by atoms with E-state index >= 15 is 0 Å².